The van der Waals surface area contributed by atoms with E-state index in [0.29, 0.717) is 19.3 Å². The Hall–Kier alpha value is -2.18. The van der Waals surface area contributed by atoms with Gasteiger partial charge < -0.3 is 20.3 Å². The second-order valence-corrected chi connectivity index (χ2v) is 18.6. The normalized spacial score (nSPS) is 13.5. The zero-order valence-corrected chi connectivity index (χ0v) is 42.0. The lowest BCUT2D eigenvalue weighted by molar-refractivity contribution is -0.151. The number of rotatable bonds is 49. The molecule has 368 valence electrons. The third-order valence-corrected chi connectivity index (χ3v) is 12.4. The first kappa shape index (κ1) is 60.8. The molecule has 0 saturated carbocycles. The molecular weight excluding hydrogens is 779 g/mol. The van der Waals surface area contributed by atoms with Gasteiger partial charge >= 0.3 is 5.97 Å². The maximum Gasteiger partial charge on any atom is 0.306 e. The standard InChI is InChI=1S/C57H105NO5/c1-4-7-10-13-16-19-22-25-27-28-30-32-35-38-41-44-47-50-57(62)63-53(48-45-42-39-36-33-24-21-18-15-12-9-6-3)51-56(61)58-54(52-59)55(60)49-46-43-40-37-34-31-29-26-23-20-17-14-11-8-5-2/h9,12,18,21,25,27,33,36,53-55,59-60H,4-8,10-11,13-17,19-20,22-24,26,28-32,34-35,37-52H2,1-3H3,(H,58,61)/b12-9+,21-18+,27-25+,36-33+. The fourth-order valence-electron chi connectivity index (χ4n) is 8.26. The molecule has 0 radical (unpaired) electrons. The summed E-state index contributed by atoms with van der Waals surface area (Å²) in [5, 5.41) is 23.8. The van der Waals surface area contributed by atoms with E-state index in [1.165, 1.54) is 154 Å². The minimum atomic E-state index is -0.798. The number of hydrogen-bond acceptors (Lipinski definition) is 5. The number of nitrogens with one attached hydrogen (secondary N) is 1. The average Bonchev–Trinajstić information content (AvgIpc) is 3.28. The first-order valence-electron chi connectivity index (χ1n) is 27.4. The molecule has 1 amide bonds. The van der Waals surface area contributed by atoms with E-state index < -0.39 is 18.2 Å². The van der Waals surface area contributed by atoms with Crippen molar-refractivity contribution in [1.29, 1.82) is 0 Å². The number of aliphatic hydroxyl groups is 2. The van der Waals surface area contributed by atoms with Crippen LogP contribution in [0.15, 0.2) is 48.6 Å². The average molecular weight is 884 g/mol. The molecule has 63 heavy (non-hydrogen) atoms. The number of allylic oxidation sites excluding steroid dienone is 8. The van der Waals surface area contributed by atoms with Crippen molar-refractivity contribution in [2.75, 3.05) is 6.61 Å². The van der Waals surface area contributed by atoms with Crippen molar-refractivity contribution < 1.29 is 24.5 Å². The van der Waals surface area contributed by atoms with E-state index in [0.717, 1.165) is 77.0 Å². The van der Waals surface area contributed by atoms with Crippen molar-refractivity contribution in [3.63, 3.8) is 0 Å². The van der Waals surface area contributed by atoms with Crippen LogP contribution in [-0.2, 0) is 14.3 Å². The monoisotopic (exact) mass is 884 g/mol. The van der Waals surface area contributed by atoms with E-state index in [2.05, 4.69) is 74.7 Å². The second-order valence-electron chi connectivity index (χ2n) is 18.6. The van der Waals surface area contributed by atoms with Crippen LogP contribution in [0.4, 0.5) is 0 Å². The van der Waals surface area contributed by atoms with Gasteiger partial charge in [0.15, 0.2) is 0 Å². The molecule has 0 aromatic carbocycles. The van der Waals surface area contributed by atoms with Crippen LogP contribution < -0.4 is 5.32 Å². The maximum atomic E-state index is 13.2. The molecule has 0 spiro atoms. The largest absolute Gasteiger partial charge is 0.462 e. The summed E-state index contributed by atoms with van der Waals surface area (Å²) < 4.78 is 5.92. The molecule has 0 aliphatic rings. The number of ether oxygens (including phenoxy) is 1. The quantitative estimate of drug-likeness (QED) is 0.0321. The molecule has 0 fully saturated rings. The van der Waals surface area contributed by atoms with Crippen LogP contribution in [0.2, 0.25) is 0 Å². The van der Waals surface area contributed by atoms with E-state index in [-0.39, 0.29) is 24.9 Å². The van der Waals surface area contributed by atoms with E-state index in [1.807, 2.05) is 0 Å². The summed E-state index contributed by atoms with van der Waals surface area (Å²) in [4.78, 5) is 26.2. The lowest BCUT2D eigenvalue weighted by Gasteiger charge is -2.24. The third-order valence-electron chi connectivity index (χ3n) is 12.4. The molecule has 0 aliphatic carbocycles. The highest BCUT2D eigenvalue weighted by molar-refractivity contribution is 5.77. The van der Waals surface area contributed by atoms with Crippen molar-refractivity contribution in [2.24, 2.45) is 0 Å². The summed E-state index contributed by atoms with van der Waals surface area (Å²) in [6, 6.07) is -0.714. The van der Waals surface area contributed by atoms with Gasteiger partial charge in [-0.2, -0.15) is 0 Å². The fraction of sp³-hybridized carbons (Fsp3) is 0.825. The topological polar surface area (TPSA) is 95.9 Å². The van der Waals surface area contributed by atoms with E-state index in [9.17, 15) is 19.8 Å². The number of carbonyl (C=O) groups is 2. The van der Waals surface area contributed by atoms with Gasteiger partial charge in [-0.3, -0.25) is 9.59 Å². The number of carbonyl (C=O) groups excluding carboxylic acids is 2. The Kier molecular flexibility index (Phi) is 49.1. The highest BCUT2D eigenvalue weighted by Crippen LogP contribution is 2.18. The Bertz CT molecular complexity index is 1080. The van der Waals surface area contributed by atoms with Crippen LogP contribution in [0.5, 0.6) is 0 Å². The van der Waals surface area contributed by atoms with Crippen LogP contribution in [0, 0.1) is 0 Å². The van der Waals surface area contributed by atoms with E-state index >= 15 is 0 Å². The molecule has 0 bridgehead atoms. The van der Waals surface area contributed by atoms with Crippen molar-refractivity contribution in [3.8, 4) is 0 Å². The summed E-state index contributed by atoms with van der Waals surface area (Å²) in [5.41, 5.74) is 0. The van der Waals surface area contributed by atoms with Gasteiger partial charge in [0, 0.05) is 6.42 Å². The maximum absolute atomic E-state index is 13.2. The minimum absolute atomic E-state index is 0.0509. The van der Waals surface area contributed by atoms with Gasteiger partial charge in [0.2, 0.25) is 5.91 Å². The van der Waals surface area contributed by atoms with Gasteiger partial charge in [-0.05, 0) is 83.5 Å². The Morgan fingerprint density at radius 2 is 0.857 bits per heavy atom. The van der Waals surface area contributed by atoms with Gasteiger partial charge in [0.25, 0.3) is 0 Å². The molecule has 3 atom stereocenters. The van der Waals surface area contributed by atoms with Gasteiger partial charge in [-0.15, -0.1) is 0 Å². The van der Waals surface area contributed by atoms with Crippen molar-refractivity contribution in [2.45, 2.75) is 296 Å². The number of hydrogen-bond donors (Lipinski definition) is 3. The van der Waals surface area contributed by atoms with E-state index in [4.69, 9.17) is 4.74 Å². The van der Waals surface area contributed by atoms with Crippen molar-refractivity contribution in [3.05, 3.63) is 48.6 Å². The Labute approximate surface area is 391 Å². The Morgan fingerprint density at radius 3 is 1.33 bits per heavy atom. The summed E-state index contributed by atoms with van der Waals surface area (Å²) in [7, 11) is 0. The highest BCUT2D eigenvalue weighted by atomic mass is 16.5. The molecule has 3 unspecified atom stereocenters. The number of amides is 1. The first-order valence-corrected chi connectivity index (χ1v) is 27.4. The number of esters is 1. The van der Waals surface area contributed by atoms with Gasteiger partial charge in [-0.25, -0.2) is 0 Å². The highest BCUT2D eigenvalue weighted by Gasteiger charge is 2.24. The molecule has 3 N–H and O–H groups in total. The zero-order valence-electron chi connectivity index (χ0n) is 42.0. The van der Waals surface area contributed by atoms with Crippen LogP contribution >= 0.6 is 0 Å². The Balaban J connectivity index is 4.54. The second kappa shape index (κ2) is 50.8. The molecule has 0 aromatic heterocycles. The molecule has 0 heterocycles. The Morgan fingerprint density at radius 1 is 0.476 bits per heavy atom. The molecule has 0 aromatic rings. The molecule has 0 rings (SSSR count). The van der Waals surface area contributed by atoms with Crippen LogP contribution in [0.3, 0.4) is 0 Å². The van der Waals surface area contributed by atoms with Crippen LogP contribution in [-0.4, -0.2) is 46.9 Å². The summed E-state index contributed by atoms with van der Waals surface area (Å²) in [6.45, 7) is 6.37. The summed E-state index contributed by atoms with van der Waals surface area (Å²) in [6.07, 6.45) is 61.8. The van der Waals surface area contributed by atoms with E-state index in [1.54, 1.807) is 0 Å². The predicted molar refractivity (Wildman–Crippen MR) is 273 cm³/mol. The SMILES string of the molecule is CC/C=C/C/C=C/C/C=C/CCCCC(CC(=O)NC(CO)C(O)CCCCCCCCCCCCCCCCC)OC(=O)CCCCCCCCC/C=C/CCCCCCCC. The van der Waals surface area contributed by atoms with Gasteiger partial charge in [-0.1, -0.05) is 230 Å². The number of aliphatic hydroxyl groups excluding tert-OH is 2. The molecule has 0 saturated heterocycles. The van der Waals surface area contributed by atoms with Crippen molar-refractivity contribution in [1.82, 2.24) is 5.32 Å². The summed E-state index contributed by atoms with van der Waals surface area (Å²) in [5.74, 6) is -0.510. The lowest BCUT2D eigenvalue weighted by atomic mass is 10.0. The van der Waals surface area contributed by atoms with Gasteiger partial charge in [0.05, 0.1) is 25.2 Å². The minimum Gasteiger partial charge on any atom is -0.462 e. The fourth-order valence-corrected chi connectivity index (χ4v) is 8.26. The molecule has 0 aliphatic heterocycles. The summed E-state index contributed by atoms with van der Waals surface area (Å²) >= 11 is 0. The first-order chi connectivity index (χ1) is 31.0. The predicted octanol–water partition coefficient (Wildman–Crippen LogP) is 16.6. The lowest BCUT2D eigenvalue weighted by Crippen LogP contribution is -2.46. The zero-order chi connectivity index (χ0) is 45.9. The number of unbranched alkanes of at least 4 members (excludes halogenated alkanes) is 29. The molecular formula is C57H105NO5. The van der Waals surface area contributed by atoms with Crippen LogP contribution in [0.25, 0.3) is 0 Å². The van der Waals surface area contributed by atoms with Crippen LogP contribution in [0.1, 0.15) is 278 Å². The van der Waals surface area contributed by atoms with Crippen molar-refractivity contribution >= 4 is 11.9 Å². The third kappa shape index (κ3) is 46.2. The molecule has 6 heteroatoms. The smallest absolute Gasteiger partial charge is 0.306 e. The molecule has 6 nitrogen and oxygen atoms in total. The van der Waals surface area contributed by atoms with Gasteiger partial charge in [0.1, 0.15) is 6.10 Å².